The fourth-order valence-corrected chi connectivity index (χ4v) is 1.78. The van der Waals surface area contributed by atoms with E-state index in [0.29, 0.717) is 5.75 Å². The van der Waals surface area contributed by atoms with Gasteiger partial charge in [-0.05, 0) is 35.4 Å². The van der Waals surface area contributed by atoms with Crippen molar-refractivity contribution in [2.45, 2.75) is 6.10 Å². The van der Waals surface area contributed by atoms with E-state index in [-0.39, 0.29) is 13.2 Å². The van der Waals surface area contributed by atoms with E-state index >= 15 is 0 Å². The summed E-state index contributed by atoms with van der Waals surface area (Å²) >= 11 is 0. The zero-order valence-corrected chi connectivity index (χ0v) is 11.6. The van der Waals surface area contributed by atoms with Crippen molar-refractivity contribution < 1.29 is 14.9 Å². The number of nitrogens with two attached hydrogens (primary N) is 1. The zero-order chi connectivity index (χ0) is 15.1. The second-order valence-corrected chi connectivity index (χ2v) is 4.67. The first-order valence-electron chi connectivity index (χ1n) is 6.73. The number of ether oxygens (including phenoxy) is 1. The normalized spacial score (nSPS) is 11.2. The second kappa shape index (κ2) is 7.47. The third kappa shape index (κ3) is 4.63. The van der Waals surface area contributed by atoms with Gasteiger partial charge in [-0.3, -0.25) is 0 Å². The molecule has 0 heterocycles. The van der Waals surface area contributed by atoms with Crippen LogP contribution in [-0.2, 0) is 0 Å². The van der Waals surface area contributed by atoms with E-state index in [1.54, 1.807) is 12.1 Å². The van der Waals surface area contributed by atoms with E-state index in [9.17, 15) is 0 Å². The molecular formula is C17H19NO3. The van der Waals surface area contributed by atoms with Gasteiger partial charge in [-0.15, -0.1) is 0 Å². The van der Waals surface area contributed by atoms with Crippen molar-refractivity contribution in [1.29, 1.82) is 0 Å². The standard InChI is InChI=1S/C17H19NO3/c18-15-7-3-13(4-8-15)1-2-14-5-9-16(10-6-14)21-17(11-19)12-20/h1-10,17,19-20H,11-12,18H2. The van der Waals surface area contributed by atoms with E-state index in [1.807, 2.05) is 48.6 Å². The van der Waals surface area contributed by atoms with Crippen LogP contribution in [-0.4, -0.2) is 29.5 Å². The molecule has 0 unspecified atom stereocenters. The van der Waals surface area contributed by atoms with Crippen molar-refractivity contribution >= 4 is 17.8 Å². The Bertz CT molecular complexity index is 572. The molecule has 0 fully saturated rings. The molecule has 21 heavy (non-hydrogen) atoms. The first-order valence-corrected chi connectivity index (χ1v) is 6.73. The number of hydrogen-bond acceptors (Lipinski definition) is 4. The first-order chi connectivity index (χ1) is 10.2. The highest BCUT2D eigenvalue weighted by Gasteiger charge is 2.06. The van der Waals surface area contributed by atoms with Crippen LogP contribution in [0.15, 0.2) is 48.5 Å². The van der Waals surface area contributed by atoms with E-state index < -0.39 is 6.10 Å². The number of rotatable bonds is 6. The van der Waals surface area contributed by atoms with Crippen molar-refractivity contribution in [3.05, 3.63) is 59.7 Å². The number of aliphatic hydroxyl groups excluding tert-OH is 2. The van der Waals surface area contributed by atoms with Gasteiger partial charge in [0.15, 0.2) is 0 Å². The molecule has 4 nitrogen and oxygen atoms in total. The Morgan fingerprint density at radius 3 is 1.81 bits per heavy atom. The number of benzene rings is 2. The van der Waals surface area contributed by atoms with Crippen LogP contribution in [0.1, 0.15) is 11.1 Å². The molecule has 2 rings (SSSR count). The van der Waals surface area contributed by atoms with Gasteiger partial charge in [0.05, 0.1) is 13.2 Å². The van der Waals surface area contributed by atoms with Crippen molar-refractivity contribution in [2.24, 2.45) is 0 Å². The summed E-state index contributed by atoms with van der Waals surface area (Å²) in [5.41, 5.74) is 8.49. The minimum atomic E-state index is -0.582. The summed E-state index contributed by atoms with van der Waals surface area (Å²) in [5, 5.41) is 17.9. The summed E-state index contributed by atoms with van der Waals surface area (Å²) in [5.74, 6) is 0.618. The van der Waals surface area contributed by atoms with Crippen LogP contribution in [0, 0.1) is 0 Å². The Balaban J connectivity index is 2.00. The quantitative estimate of drug-likeness (QED) is 0.561. The van der Waals surface area contributed by atoms with Crippen LogP contribution in [0.2, 0.25) is 0 Å². The minimum absolute atomic E-state index is 0.213. The predicted molar refractivity (Wildman–Crippen MR) is 84.8 cm³/mol. The number of anilines is 1. The lowest BCUT2D eigenvalue weighted by atomic mass is 10.1. The average molecular weight is 285 g/mol. The van der Waals surface area contributed by atoms with Gasteiger partial charge in [0, 0.05) is 5.69 Å². The lowest BCUT2D eigenvalue weighted by molar-refractivity contribution is 0.0629. The minimum Gasteiger partial charge on any atom is -0.486 e. The molecule has 110 valence electrons. The largest absolute Gasteiger partial charge is 0.486 e. The lowest BCUT2D eigenvalue weighted by Crippen LogP contribution is -2.25. The van der Waals surface area contributed by atoms with Gasteiger partial charge in [0.2, 0.25) is 0 Å². The first kappa shape index (κ1) is 15.1. The fraction of sp³-hybridized carbons (Fsp3) is 0.176. The average Bonchev–Trinajstić information content (AvgIpc) is 2.53. The molecule has 2 aromatic carbocycles. The molecule has 2 aromatic rings. The zero-order valence-electron chi connectivity index (χ0n) is 11.6. The number of hydrogen-bond donors (Lipinski definition) is 3. The molecule has 0 atom stereocenters. The topological polar surface area (TPSA) is 75.7 Å². The molecule has 0 saturated carbocycles. The van der Waals surface area contributed by atoms with Gasteiger partial charge in [0.25, 0.3) is 0 Å². The predicted octanol–water partition coefficient (Wildman–Crippen LogP) is 2.17. The molecule has 4 heteroatoms. The lowest BCUT2D eigenvalue weighted by Gasteiger charge is -2.14. The van der Waals surface area contributed by atoms with Crippen molar-refractivity contribution in [3.63, 3.8) is 0 Å². The molecule has 0 spiro atoms. The maximum atomic E-state index is 8.97. The summed E-state index contributed by atoms with van der Waals surface area (Å²) < 4.78 is 5.41. The van der Waals surface area contributed by atoms with Crippen LogP contribution in [0.5, 0.6) is 5.75 Å². The Kier molecular flexibility index (Phi) is 5.37. The third-order valence-corrected chi connectivity index (χ3v) is 2.99. The van der Waals surface area contributed by atoms with E-state index in [1.165, 1.54) is 0 Å². The summed E-state index contributed by atoms with van der Waals surface area (Å²) in [6, 6.07) is 15.1. The second-order valence-electron chi connectivity index (χ2n) is 4.67. The Morgan fingerprint density at radius 2 is 1.33 bits per heavy atom. The van der Waals surface area contributed by atoms with Gasteiger partial charge < -0.3 is 20.7 Å². The molecule has 4 N–H and O–H groups in total. The highest BCUT2D eigenvalue weighted by Crippen LogP contribution is 2.16. The third-order valence-electron chi connectivity index (χ3n) is 2.99. The highest BCUT2D eigenvalue weighted by atomic mass is 16.5. The van der Waals surface area contributed by atoms with Gasteiger partial charge in [0.1, 0.15) is 11.9 Å². The van der Waals surface area contributed by atoms with Crippen LogP contribution >= 0.6 is 0 Å². The fourth-order valence-electron chi connectivity index (χ4n) is 1.78. The summed E-state index contributed by atoms with van der Waals surface area (Å²) in [4.78, 5) is 0. The van der Waals surface area contributed by atoms with Crippen LogP contribution in [0.25, 0.3) is 12.2 Å². The molecule has 0 aromatic heterocycles. The van der Waals surface area contributed by atoms with E-state index in [4.69, 9.17) is 20.7 Å². The van der Waals surface area contributed by atoms with Crippen molar-refractivity contribution in [2.75, 3.05) is 18.9 Å². The van der Waals surface area contributed by atoms with E-state index in [0.717, 1.165) is 16.8 Å². The molecule has 0 aliphatic heterocycles. The maximum Gasteiger partial charge on any atom is 0.145 e. The van der Waals surface area contributed by atoms with Crippen LogP contribution in [0.3, 0.4) is 0 Å². The van der Waals surface area contributed by atoms with Crippen LogP contribution in [0.4, 0.5) is 5.69 Å². The maximum absolute atomic E-state index is 8.97. The van der Waals surface area contributed by atoms with Gasteiger partial charge in [-0.1, -0.05) is 36.4 Å². The van der Waals surface area contributed by atoms with Crippen molar-refractivity contribution in [3.8, 4) is 5.75 Å². The van der Waals surface area contributed by atoms with Crippen molar-refractivity contribution in [1.82, 2.24) is 0 Å². The Hall–Kier alpha value is -2.30. The summed E-state index contributed by atoms with van der Waals surface area (Å²) in [6.45, 7) is -0.426. The molecule has 0 aliphatic rings. The highest BCUT2D eigenvalue weighted by molar-refractivity contribution is 5.70. The van der Waals surface area contributed by atoms with Gasteiger partial charge in [-0.25, -0.2) is 0 Å². The Morgan fingerprint density at radius 1 is 0.857 bits per heavy atom. The molecule has 0 amide bonds. The van der Waals surface area contributed by atoms with Crippen LogP contribution < -0.4 is 10.5 Å². The molecule has 0 radical (unpaired) electrons. The van der Waals surface area contributed by atoms with E-state index in [2.05, 4.69) is 0 Å². The van der Waals surface area contributed by atoms with Gasteiger partial charge in [-0.2, -0.15) is 0 Å². The van der Waals surface area contributed by atoms with Gasteiger partial charge >= 0.3 is 0 Å². The SMILES string of the molecule is Nc1ccc(C=Cc2ccc(OC(CO)CO)cc2)cc1. The summed E-state index contributed by atoms with van der Waals surface area (Å²) in [7, 11) is 0. The smallest absolute Gasteiger partial charge is 0.145 e. The monoisotopic (exact) mass is 285 g/mol. The molecule has 0 aliphatic carbocycles. The number of nitrogen functional groups attached to an aromatic ring is 1. The molecule has 0 bridgehead atoms. The molecule has 0 saturated heterocycles. The summed E-state index contributed by atoms with van der Waals surface area (Å²) in [6.07, 6.45) is 3.41. The Labute approximate surface area is 124 Å². The molecular weight excluding hydrogens is 266 g/mol. The number of aliphatic hydroxyl groups is 2.